The lowest BCUT2D eigenvalue weighted by molar-refractivity contribution is 0.0670. The minimum Gasteiger partial charge on any atom is -0.380 e. The van der Waals surface area contributed by atoms with Crippen LogP contribution in [0.1, 0.15) is 35.3 Å². The lowest BCUT2D eigenvalue weighted by Gasteiger charge is -2.28. The summed E-state index contributed by atoms with van der Waals surface area (Å²) in [6.07, 6.45) is 5.10. The van der Waals surface area contributed by atoms with Crippen LogP contribution < -0.4 is 0 Å². The lowest BCUT2D eigenvalue weighted by atomic mass is 10.1. The molecule has 3 rings (SSSR count). The van der Waals surface area contributed by atoms with Crippen molar-refractivity contribution >= 4 is 5.91 Å². The molecule has 1 aromatic rings. The van der Waals surface area contributed by atoms with Crippen molar-refractivity contribution in [1.29, 1.82) is 5.26 Å². The molecule has 0 saturated carbocycles. The minimum absolute atomic E-state index is 0.0125. The first kappa shape index (κ1) is 15.1. The topological polar surface area (TPSA) is 72.4 Å². The van der Waals surface area contributed by atoms with Crippen LogP contribution in [0, 0.1) is 11.3 Å². The second-order valence-corrected chi connectivity index (χ2v) is 6.13. The first-order valence-corrected chi connectivity index (χ1v) is 7.86. The Labute approximate surface area is 130 Å². The van der Waals surface area contributed by atoms with Gasteiger partial charge in [0, 0.05) is 32.4 Å². The third-order valence-electron chi connectivity index (χ3n) is 4.69. The van der Waals surface area contributed by atoms with E-state index < -0.39 is 0 Å². The molecule has 22 heavy (non-hydrogen) atoms. The van der Waals surface area contributed by atoms with Crippen molar-refractivity contribution in [2.45, 2.75) is 31.4 Å². The smallest absolute Gasteiger partial charge is 0.255 e. The van der Waals surface area contributed by atoms with Crippen LogP contribution in [-0.4, -0.2) is 66.1 Å². The Bertz CT molecular complexity index is 571. The number of nitrogens with zero attached hydrogens (tertiary/aromatic N) is 3. The highest BCUT2D eigenvalue weighted by Gasteiger charge is 2.37. The van der Waals surface area contributed by atoms with E-state index in [0.717, 1.165) is 26.1 Å². The van der Waals surface area contributed by atoms with Crippen molar-refractivity contribution < 1.29 is 9.53 Å². The Balaban J connectivity index is 1.73. The molecule has 1 amide bonds. The van der Waals surface area contributed by atoms with Gasteiger partial charge >= 0.3 is 0 Å². The van der Waals surface area contributed by atoms with Crippen LogP contribution in [-0.2, 0) is 4.74 Å². The molecule has 0 aliphatic carbocycles. The van der Waals surface area contributed by atoms with Gasteiger partial charge < -0.3 is 19.5 Å². The molecule has 2 aliphatic heterocycles. The molecule has 6 nitrogen and oxygen atoms in total. The molecule has 2 atom stereocenters. The molecule has 3 heterocycles. The van der Waals surface area contributed by atoms with E-state index in [-0.39, 0.29) is 18.1 Å². The third-order valence-corrected chi connectivity index (χ3v) is 4.69. The fourth-order valence-corrected chi connectivity index (χ4v) is 3.48. The van der Waals surface area contributed by atoms with Gasteiger partial charge in [-0.3, -0.25) is 4.79 Å². The fourth-order valence-electron chi connectivity index (χ4n) is 3.48. The number of nitriles is 1. The van der Waals surface area contributed by atoms with Crippen LogP contribution in [0.25, 0.3) is 0 Å². The molecule has 0 spiro atoms. The average molecular weight is 302 g/mol. The van der Waals surface area contributed by atoms with Crippen molar-refractivity contribution in [3.63, 3.8) is 0 Å². The number of amides is 1. The maximum Gasteiger partial charge on any atom is 0.255 e. The monoisotopic (exact) mass is 302 g/mol. The number of likely N-dealkylation sites (tertiary alicyclic amines) is 2. The molecule has 2 saturated heterocycles. The van der Waals surface area contributed by atoms with Gasteiger partial charge in [-0.05, 0) is 38.4 Å². The van der Waals surface area contributed by atoms with Crippen LogP contribution in [0.3, 0.4) is 0 Å². The van der Waals surface area contributed by atoms with Crippen LogP contribution >= 0.6 is 0 Å². The molecule has 0 radical (unpaired) electrons. The standard InChI is InChI=1S/C16H22N4O2/c1-22-15-7-14(10-19-4-2-3-5-19)20(11-15)16(21)12-6-13(8-17)18-9-12/h6,9,14-15,18H,2-5,7,10-11H2,1H3/t14-,15-/m0/s1. The maximum atomic E-state index is 12.7. The minimum atomic E-state index is -0.0125. The molecule has 1 aromatic heterocycles. The molecule has 118 valence electrons. The van der Waals surface area contributed by atoms with Crippen LogP contribution in [0.15, 0.2) is 12.3 Å². The number of aromatic amines is 1. The number of carbonyl (C=O) groups is 1. The molecule has 0 aromatic carbocycles. The van der Waals surface area contributed by atoms with Crippen molar-refractivity contribution in [3.8, 4) is 6.07 Å². The van der Waals surface area contributed by atoms with Crippen molar-refractivity contribution in [2.75, 3.05) is 33.3 Å². The van der Waals surface area contributed by atoms with Crippen molar-refractivity contribution in [3.05, 3.63) is 23.5 Å². The predicted molar refractivity (Wildman–Crippen MR) is 81.4 cm³/mol. The van der Waals surface area contributed by atoms with E-state index in [1.54, 1.807) is 19.4 Å². The Kier molecular flexibility index (Phi) is 4.46. The Morgan fingerprint density at radius 2 is 2.27 bits per heavy atom. The average Bonchev–Trinajstić information content (AvgIpc) is 3.27. The summed E-state index contributed by atoms with van der Waals surface area (Å²) in [6, 6.07) is 3.83. The zero-order chi connectivity index (χ0) is 15.5. The SMILES string of the molecule is CO[C@H]1C[C@@H](CN2CCCC2)N(C(=O)c2c[nH]c(C#N)c2)C1. The number of carbonyl (C=O) groups excluding carboxylic acids is 1. The zero-order valence-corrected chi connectivity index (χ0v) is 12.9. The van der Waals surface area contributed by atoms with Crippen molar-refractivity contribution in [1.82, 2.24) is 14.8 Å². The van der Waals surface area contributed by atoms with Gasteiger partial charge in [0.05, 0.1) is 11.7 Å². The summed E-state index contributed by atoms with van der Waals surface area (Å²) < 4.78 is 5.48. The summed E-state index contributed by atoms with van der Waals surface area (Å²) in [7, 11) is 1.70. The first-order chi connectivity index (χ1) is 10.7. The number of hydrogen-bond donors (Lipinski definition) is 1. The normalized spacial score (nSPS) is 25.5. The molecular weight excluding hydrogens is 280 g/mol. The van der Waals surface area contributed by atoms with E-state index >= 15 is 0 Å². The highest BCUT2D eigenvalue weighted by Crippen LogP contribution is 2.24. The van der Waals surface area contributed by atoms with Gasteiger partial charge in [-0.15, -0.1) is 0 Å². The Morgan fingerprint density at radius 3 is 2.91 bits per heavy atom. The van der Waals surface area contributed by atoms with Gasteiger partial charge in [-0.25, -0.2) is 0 Å². The van der Waals surface area contributed by atoms with E-state index in [0.29, 0.717) is 17.8 Å². The third kappa shape index (κ3) is 3.01. The summed E-state index contributed by atoms with van der Waals surface area (Å²) in [6.45, 7) is 3.79. The molecular formula is C16H22N4O2. The molecule has 2 fully saturated rings. The number of nitrogens with one attached hydrogen (secondary N) is 1. The summed E-state index contributed by atoms with van der Waals surface area (Å²) in [5.41, 5.74) is 0.974. The van der Waals surface area contributed by atoms with E-state index in [2.05, 4.69) is 9.88 Å². The van der Waals surface area contributed by atoms with Crippen molar-refractivity contribution in [2.24, 2.45) is 0 Å². The van der Waals surface area contributed by atoms with E-state index in [9.17, 15) is 4.79 Å². The van der Waals surface area contributed by atoms with Gasteiger partial charge in [-0.1, -0.05) is 0 Å². The van der Waals surface area contributed by atoms with Gasteiger partial charge in [0.15, 0.2) is 0 Å². The largest absolute Gasteiger partial charge is 0.380 e. The molecule has 6 heteroatoms. The van der Waals surface area contributed by atoms with E-state index in [1.807, 2.05) is 11.0 Å². The Hall–Kier alpha value is -1.84. The summed E-state index contributed by atoms with van der Waals surface area (Å²) >= 11 is 0. The van der Waals surface area contributed by atoms with Crippen LogP contribution in [0.5, 0.6) is 0 Å². The zero-order valence-electron chi connectivity index (χ0n) is 12.9. The second kappa shape index (κ2) is 6.51. The molecule has 2 aliphatic rings. The number of rotatable bonds is 4. The lowest BCUT2D eigenvalue weighted by Crippen LogP contribution is -2.42. The number of aromatic nitrogens is 1. The summed E-state index contributed by atoms with van der Waals surface area (Å²) in [5.74, 6) is -0.0125. The van der Waals surface area contributed by atoms with E-state index in [1.165, 1.54) is 12.8 Å². The quantitative estimate of drug-likeness (QED) is 0.907. The fraction of sp³-hybridized carbons (Fsp3) is 0.625. The maximum absolute atomic E-state index is 12.7. The van der Waals surface area contributed by atoms with Gasteiger partial charge in [0.1, 0.15) is 11.8 Å². The Morgan fingerprint density at radius 1 is 1.50 bits per heavy atom. The van der Waals surface area contributed by atoms with Gasteiger partial charge in [0.2, 0.25) is 0 Å². The predicted octanol–water partition coefficient (Wildman–Crippen LogP) is 1.21. The summed E-state index contributed by atoms with van der Waals surface area (Å²) in [4.78, 5) is 19.9. The molecule has 1 N–H and O–H groups in total. The van der Waals surface area contributed by atoms with Crippen LogP contribution in [0.2, 0.25) is 0 Å². The first-order valence-electron chi connectivity index (χ1n) is 7.86. The summed E-state index contributed by atoms with van der Waals surface area (Å²) in [5, 5.41) is 8.89. The van der Waals surface area contributed by atoms with Gasteiger partial charge in [0.25, 0.3) is 5.91 Å². The number of H-pyrrole nitrogens is 1. The van der Waals surface area contributed by atoms with Gasteiger partial charge in [-0.2, -0.15) is 5.26 Å². The number of ether oxygens (including phenoxy) is 1. The van der Waals surface area contributed by atoms with Crippen LogP contribution in [0.4, 0.5) is 0 Å². The molecule has 0 bridgehead atoms. The molecule has 0 unspecified atom stereocenters. The number of hydrogen-bond acceptors (Lipinski definition) is 4. The second-order valence-electron chi connectivity index (χ2n) is 6.13. The number of methoxy groups -OCH3 is 1. The van der Waals surface area contributed by atoms with E-state index in [4.69, 9.17) is 10.00 Å². The highest BCUT2D eigenvalue weighted by atomic mass is 16.5. The highest BCUT2D eigenvalue weighted by molar-refractivity contribution is 5.94.